The number of rotatable bonds is 6. The number of benzene rings is 2. The first kappa shape index (κ1) is 17.8. The van der Waals surface area contributed by atoms with Gasteiger partial charge in [0.2, 0.25) is 10.0 Å². The Hall–Kier alpha value is -1.57. The molecule has 0 saturated heterocycles. The fraction of sp³-hybridized carbons (Fsp3) is 0.250. The van der Waals surface area contributed by atoms with Crippen molar-refractivity contribution in [3.8, 4) is 11.5 Å². The summed E-state index contributed by atoms with van der Waals surface area (Å²) >= 11 is 3.30. The first-order valence-electron chi connectivity index (χ1n) is 6.84. The molecule has 0 spiro atoms. The number of hydrogen-bond donors (Lipinski definition) is 1. The number of sulfonamides is 1. The van der Waals surface area contributed by atoms with E-state index >= 15 is 0 Å². The maximum atomic E-state index is 12.5. The van der Waals surface area contributed by atoms with Crippen molar-refractivity contribution in [2.24, 2.45) is 0 Å². The molecule has 0 amide bonds. The molecule has 2 aromatic carbocycles. The van der Waals surface area contributed by atoms with Gasteiger partial charge in [0.25, 0.3) is 0 Å². The van der Waals surface area contributed by atoms with Gasteiger partial charge in [0.15, 0.2) is 0 Å². The van der Waals surface area contributed by atoms with E-state index in [0.29, 0.717) is 21.5 Å². The van der Waals surface area contributed by atoms with E-state index in [1.807, 2.05) is 6.92 Å². The van der Waals surface area contributed by atoms with E-state index in [9.17, 15) is 8.42 Å². The zero-order chi connectivity index (χ0) is 17.0. The van der Waals surface area contributed by atoms with E-state index in [4.69, 9.17) is 9.47 Å². The molecule has 0 radical (unpaired) electrons. The highest BCUT2D eigenvalue weighted by molar-refractivity contribution is 9.10. The van der Waals surface area contributed by atoms with Gasteiger partial charge < -0.3 is 9.47 Å². The SMILES string of the molecule is COc1ccc(OC)c(CNS(=O)(=O)c2ccc(C)cc2Br)c1. The van der Waals surface area contributed by atoms with E-state index in [-0.39, 0.29) is 11.4 Å². The molecule has 0 unspecified atom stereocenters. The Bertz CT molecular complexity index is 806. The predicted octanol–water partition coefficient (Wildman–Crippen LogP) is 3.25. The summed E-state index contributed by atoms with van der Waals surface area (Å²) in [5.74, 6) is 1.23. The molecule has 0 saturated carbocycles. The van der Waals surface area contributed by atoms with Gasteiger partial charge in [-0.25, -0.2) is 13.1 Å². The van der Waals surface area contributed by atoms with Gasteiger partial charge in [-0.05, 0) is 58.7 Å². The van der Waals surface area contributed by atoms with Gasteiger partial charge >= 0.3 is 0 Å². The molecule has 2 aromatic rings. The van der Waals surface area contributed by atoms with E-state index < -0.39 is 10.0 Å². The predicted molar refractivity (Wildman–Crippen MR) is 92.5 cm³/mol. The van der Waals surface area contributed by atoms with E-state index in [1.54, 1.807) is 43.5 Å². The smallest absolute Gasteiger partial charge is 0.241 e. The molecule has 23 heavy (non-hydrogen) atoms. The van der Waals surface area contributed by atoms with Gasteiger partial charge in [0.1, 0.15) is 11.5 Å². The monoisotopic (exact) mass is 399 g/mol. The number of aryl methyl sites for hydroxylation is 1. The van der Waals surface area contributed by atoms with Crippen molar-refractivity contribution < 1.29 is 17.9 Å². The van der Waals surface area contributed by atoms with E-state index in [2.05, 4.69) is 20.7 Å². The second kappa shape index (κ2) is 7.33. The van der Waals surface area contributed by atoms with Crippen LogP contribution in [0.3, 0.4) is 0 Å². The Morgan fingerprint density at radius 3 is 2.43 bits per heavy atom. The van der Waals surface area contributed by atoms with Crippen LogP contribution in [-0.2, 0) is 16.6 Å². The van der Waals surface area contributed by atoms with Crippen molar-refractivity contribution >= 4 is 26.0 Å². The fourth-order valence-electron chi connectivity index (χ4n) is 2.09. The Labute approximate surface area is 144 Å². The summed E-state index contributed by atoms with van der Waals surface area (Å²) < 4.78 is 38.5. The van der Waals surface area contributed by atoms with Crippen LogP contribution >= 0.6 is 15.9 Å². The Morgan fingerprint density at radius 2 is 1.83 bits per heavy atom. The quantitative estimate of drug-likeness (QED) is 0.809. The summed E-state index contributed by atoms with van der Waals surface area (Å²) in [6.07, 6.45) is 0. The van der Waals surface area contributed by atoms with Crippen LogP contribution < -0.4 is 14.2 Å². The van der Waals surface area contributed by atoms with Crippen molar-refractivity contribution in [2.75, 3.05) is 14.2 Å². The molecule has 0 atom stereocenters. The minimum atomic E-state index is -3.64. The van der Waals surface area contributed by atoms with Crippen molar-refractivity contribution in [2.45, 2.75) is 18.4 Å². The third-order valence-corrected chi connectivity index (χ3v) is 5.70. The van der Waals surface area contributed by atoms with Crippen LogP contribution in [0.1, 0.15) is 11.1 Å². The van der Waals surface area contributed by atoms with Crippen LogP contribution in [0.5, 0.6) is 11.5 Å². The summed E-state index contributed by atoms with van der Waals surface area (Å²) in [7, 11) is -0.551. The van der Waals surface area contributed by atoms with Gasteiger partial charge in [-0.1, -0.05) is 6.07 Å². The summed E-state index contributed by atoms with van der Waals surface area (Å²) in [4.78, 5) is 0.199. The molecule has 0 aliphatic carbocycles. The molecule has 0 heterocycles. The third-order valence-electron chi connectivity index (χ3n) is 3.32. The molecule has 0 bridgehead atoms. The summed E-state index contributed by atoms with van der Waals surface area (Å²) in [6, 6.07) is 10.3. The molecule has 0 fully saturated rings. The van der Waals surface area contributed by atoms with Crippen LogP contribution in [0.25, 0.3) is 0 Å². The average molecular weight is 400 g/mol. The van der Waals surface area contributed by atoms with Crippen LogP contribution in [-0.4, -0.2) is 22.6 Å². The molecule has 0 aliphatic rings. The van der Waals surface area contributed by atoms with Gasteiger partial charge in [0, 0.05) is 16.6 Å². The zero-order valence-electron chi connectivity index (χ0n) is 13.1. The van der Waals surface area contributed by atoms with Gasteiger partial charge in [0.05, 0.1) is 19.1 Å². The number of ether oxygens (including phenoxy) is 2. The Balaban J connectivity index is 2.25. The summed E-state index contributed by atoms with van der Waals surface area (Å²) in [5.41, 5.74) is 1.67. The first-order valence-corrected chi connectivity index (χ1v) is 9.11. The standard InChI is InChI=1S/C16H18BrNO4S/c1-11-4-7-16(14(17)8-11)23(19,20)18-10-12-9-13(21-2)5-6-15(12)22-3/h4-9,18H,10H2,1-3H3. The van der Waals surface area contributed by atoms with Crippen LogP contribution in [0.15, 0.2) is 45.8 Å². The number of halogens is 1. The van der Waals surface area contributed by atoms with Crippen molar-refractivity contribution in [1.82, 2.24) is 4.72 Å². The van der Waals surface area contributed by atoms with E-state index in [1.165, 1.54) is 7.11 Å². The zero-order valence-corrected chi connectivity index (χ0v) is 15.5. The maximum Gasteiger partial charge on any atom is 0.241 e. The minimum Gasteiger partial charge on any atom is -0.497 e. The normalized spacial score (nSPS) is 11.3. The highest BCUT2D eigenvalue weighted by Gasteiger charge is 2.18. The molecule has 2 rings (SSSR count). The van der Waals surface area contributed by atoms with Gasteiger partial charge in [-0.3, -0.25) is 0 Å². The lowest BCUT2D eigenvalue weighted by atomic mass is 10.2. The fourth-order valence-corrected chi connectivity index (χ4v) is 4.29. The number of methoxy groups -OCH3 is 2. The molecule has 124 valence electrons. The van der Waals surface area contributed by atoms with Crippen LogP contribution in [0.4, 0.5) is 0 Å². The second-order valence-corrected chi connectivity index (χ2v) is 7.53. The maximum absolute atomic E-state index is 12.5. The number of nitrogens with one attached hydrogen (secondary N) is 1. The van der Waals surface area contributed by atoms with Gasteiger partial charge in [-0.2, -0.15) is 0 Å². The van der Waals surface area contributed by atoms with Crippen molar-refractivity contribution in [1.29, 1.82) is 0 Å². The minimum absolute atomic E-state index is 0.100. The van der Waals surface area contributed by atoms with Crippen LogP contribution in [0, 0.1) is 6.92 Å². The molecule has 7 heteroatoms. The first-order chi connectivity index (χ1) is 10.9. The molecule has 1 N–H and O–H groups in total. The molecular weight excluding hydrogens is 382 g/mol. The summed E-state index contributed by atoms with van der Waals surface area (Å²) in [5, 5.41) is 0. The highest BCUT2D eigenvalue weighted by Crippen LogP contribution is 2.26. The lowest BCUT2D eigenvalue weighted by Crippen LogP contribution is -2.24. The van der Waals surface area contributed by atoms with Crippen molar-refractivity contribution in [3.05, 3.63) is 52.0 Å². The molecule has 0 aromatic heterocycles. The van der Waals surface area contributed by atoms with Crippen molar-refractivity contribution in [3.63, 3.8) is 0 Å². The van der Waals surface area contributed by atoms with E-state index in [0.717, 1.165) is 5.56 Å². The molecule has 5 nitrogen and oxygen atoms in total. The summed E-state index contributed by atoms with van der Waals surface area (Å²) in [6.45, 7) is 2.00. The molecular formula is C16H18BrNO4S. The topological polar surface area (TPSA) is 64.6 Å². The molecule has 0 aliphatic heterocycles. The Morgan fingerprint density at radius 1 is 1.09 bits per heavy atom. The lowest BCUT2D eigenvalue weighted by Gasteiger charge is -2.12. The Kier molecular flexibility index (Phi) is 5.67. The number of hydrogen-bond acceptors (Lipinski definition) is 4. The second-order valence-electron chi connectivity index (χ2n) is 4.94. The van der Waals surface area contributed by atoms with Crippen LogP contribution in [0.2, 0.25) is 0 Å². The highest BCUT2D eigenvalue weighted by atomic mass is 79.9. The van der Waals surface area contributed by atoms with Gasteiger partial charge in [-0.15, -0.1) is 0 Å². The largest absolute Gasteiger partial charge is 0.497 e. The third kappa shape index (κ3) is 4.25. The average Bonchev–Trinajstić information content (AvgIpc) is 2.52. The lowest BCUT2D eigenvalue weighted by molar-refractivity contribution is 0.398.